The van der Waals surface area contributed by atoms with Crippen molar-refractivity contribution in [3.63, 3.8) is 0 Å². The molecule has 3 rings (SSSR count). The van der Waals surface area contributed by atoms with Gasteiger partial charge in [0.25, 0.3) is 0 Å². The van der Waals surface area contributed by atoms with Gasteiger partial charge in [0, 0.05) is 29.3 Å². The van der Waals surface area contributed by atoms with Gasteiger partial charge in [-0.05, 0) is 60.6 Å². The fourth-order valence-corrected chi connectivity index (χ4v) is 3.83. The summed E-state index contributed by atoms with van der Waals surface area (Å²) >= 11 is 3.46. The van der Waals surface area contributed by atoms with Crippen LogP contribution >= 0.6 is 15.9 Å². The Morgan fingerprint density at radius 1 is 1.33 bits per heavy atom. The molecule has 0 spiro atoms. The minimum Gasteiger partial charge on any atom is -0.383 e. The number of fused-ring (bicyclic) bond motifs is 2. The molecule has 98 valence electrons. The maximum atomic E-state index is 4.18. The first-order valence-electron chi connectivity index (χ1n) is 6.78. The molecule has 0 aliphatic carbocycles. The van der Waals surface area contributed by atoms with Crippen molar-refractivity contribution in [1.82, 2.24) is 9.88 Å². The van der Waals surface area contributed by atoms with Crippen LogP contribution in [0.5, 0.6) is 0 Å². The van der Waals surface area contributed by atoms with Gasteiger partial charge in [0.05, 0.1) is 11.9 Å². The molecule has 1 aromatic rings. The van der Waals surface area contributed by atoms with Gasteiger partial charge in [0.2, 0.25) is 0 Å². The molecule has 18 heavy (non-hydrogen) atoms. The third-order valence-corrected chi connectivity index (χ3v) is 4.93. The second-order valence-corrected chi connectivity index (χ2v) is 6.58. The van der Waals surface area contributed by atoms with E-state index in [0.717, 1.165) is 34.7 Å². The van der Waals surface area contributed by atoms with E-state index in [1.165, 1.54) is 25.7 Å². The van der Waals surface area contributed by atoms with E-state index >= 15 is 0 Å². The minimum absolute atomic E-state index is 0.817. The second kappa shape index (κ2) is 5.17. The highest BCUT2D eigenvalue weighted by atomic mass is 79.9. The molecule has 3 nitrogen and oxygen atoms in total. The highest BCUT2D eigenvalue weighted by molar-refractivity contribution is 9.10. The van der Waals surface area contributed by atoms with E-state index in [9.17, 15) is 0 Å². The Balaban J connectivity index is 1.55. The Hall–Kier alpha value is -0.610. The molecular weight excluding hydrogens is 290 g/mol. The van der Waals surface area contributed by atoms with Crippen LogP contribution in [-0.2, 0) is 0 Å². The zero-order valence-electron chi connectivity index (χ0n) is 10.8. The molecule has 2 aliphatic heterocycles. The zero-order valence-corrected chi connectivity index (χ0v) is 12.4. The fraction of sp³-hybridized carbons (Fsp3) is 0.643. The van der Waals surface area contributed by atoms with Crippen molar-refractivity contribution >= 4 is 21.6 Å². The van der Waals surface area contributed by atoms with Gasteiger partial charge in [0.15, 0.2) is 0 Å². The van der Waals surface area contributed by atoms with E-state index in [2.05, 4.69) is 44.2 Å². The second-order valence-electron chi connectivity index (χ2n) is 5.66. The van der Waals surface area contributed by atoms with Gasteiger partial charge in [-0.1, -0.05) is 0 Å². The Kier molecular flexibility index (Phi) is 3.57. The third kappa shape index (κ3) is 2.54. The molecule has 4 heteroatoms. The van der Waals surface area contributed by atoms with Gasteiger partial charge in [0.1, 0.15) is 0 Å². The standard InChI is InChI=1S/C14H20BrN3/c1-18-13-2-3-14(18)5-10(4-13)7-17-12-6-11(15)8-16-9-12/h6,8-10,13-14,17H,2-5,7H2,1H3. The van der Waals surface area contributed by atoms with Crippen LogP contribution in [0.4, 0.5) is 5.69 Å². The summed E-state index contributed by atoms with van der Waals surface area (Å²) < 4.78 is 1.04. The average Bonchev–Trinajstić information content (AvgIpc) is 2.60. The SMILES string of the molecule is CN1C2CCC1CC(CNc1cncc(Br)c1)C2. The van der Waals surface area contributed by atoms with Crippen molar-refractivity contribution in [2.24, 2.45) is 5.92 Å². The molecule has 2 fully saturated rings. The fourth-order valence-electron chi connectivity index (χ4n) is 3.46. The lowest BCUT2D eigenvalue weighted by molar-refractivity contribution is 0.139. The molecule has 0 amide bonds. The van der Waals surface area contributed by atoms with E-state index in [0.29, 0.717) is 0 Å². The van der Waals surface area contributed by atoms with Gasteiger partial charge >= 0.3 is 0 Å². The number of anilines is 1. The largest absolute Gasteiger partial charge is 0.383 e. The molecule has 2 saturated heterocycles. The summed E-state index contributed by atoms with van der Waals surface area (Å²) in [4.78, 5) is 6.78. The number of aromatic nitrogens is 1. The number of hydrogen-bond donors (Lipinski definition) is 1. The Bertz CT molecular complexity index is 409. The van der Waals surface area contributed by atoms with Crippen molar-refractivity contribution in [3.05, 3.63) is 22.9 Å². The molecular formula is C14H20BrN3. The van der Waals surface area contributed by atoms with Crippen LogP contribution in [0, 0.1) is 5.92 Å². The van der Waals surface area contributed by atoms with Gasteiger partial charge in [-0.2, -0.15) is 0 Å². The Morgan fingerprint density at radius 3 is 2.72 bits per heavy atom. The summed E-state index contributed by atoms with van der Waals surface area (Å²) in [6.07, 6.45) is 9.21. The Morgan fingerprint density at radius 2 is 2.06 bits per heavy atom. The lowest BCUT2D eigenvalue weighted by Crippen LogP contribution is -2.41. The van der Waals surface area contributed by atoms with Crippen LogP contribution in [0.15, 0.2) is 22.9 Å². The highest BCUT2D eigenvalue weighted by Gasteiger charge is 2.37. The van der Waals surface area contributed by atoms with Crippen LogP contribution in [0.2, 0.25) is 0 Å². The molecule has 0 aromatic carbocycles. The molecule has 2 unspecified atom stereocenters. The lowest BCUT2D eigenvalue weighted by atomic mass is 9.91. The maximum Gasteiger partial charge on any atom is 0.0538 e. The molecule has 2 atom stereocenters. The summed E-state index contributed by atoms with van der Waals surface area (Å²) in [6, 6.07) is 3.75. The van der Waals surface area contributed by atoms with Crippen molar-refractivity contribution in [1.29, 1.82) is 0 Å². The van der Waals surface area contributed by atoms with Crippen LogP contribution in [0.3, 0.4) is 0 Å². The molecule has 3 heterocycles. The smallest absolute Gasteiger partial charge is 0.0538 e. The molecule has 2 aliphatic rings. The molecule has 2 bridgehead atoms. The van der Waals surface area contributed by atoms with E-state index in [1.54, 1.807) is 0 Å². The van der Waals surface area contributed by atoms with Crippen LogP contribution in [-0.4, -0.2) is 35.6 Å². The number of hydrogen-bond acceptors (Lipinski definition) is 3. The van der Waals surface area contributed by atoms with Gasteiger partial charge in [-0.3, -0.25) is 4.98 Å². The Labute approximate surface area is 117 Å². The van der Waals surface area contributed by atoms with Crippen LogP contribution in [0.25, 0.3) is 0 Å². The van der Waals surface area contributed by atoms with Gasteiger partial charge in [-0.25, -0.2) is 0 Å². The number of halogens is 1. The molecule has 0 saturated carbocycles. The first-order valence-corrected chi connectivity index (χ1v) is 7.58. The van der Waals surface area contributed by atoms with Crippen molar-refractivity contribution in [2.75, 3.05) is 18.9 Å². The first kappa shape index (κ1) is 12.4. The molecule has 1 N–H and O–H groups in total. The average molecular weight is 310 g/mol. The summed E-state index contributed by atoms with van der Waals surface area (Å²) in [6.45, 7) is 1.08. The summed E-state index contributed by atoms with van der Waals surface area (Å²) in [5, 5.41) is 3.53. The van der Waals surface area contributed by atoms with Crippen LogP contribution in [0.1, 0.15) is 25.7 Å². The maximum absolute atomic E-state index is 4.18. The number of rotatable bonds is 3. The van der Waals surface area contributed by atoms with Gasteiger partial charge < -0.3 is 10.2 Å². The monoisotopic (exact) mass is 309 g/mol. The predicted octanol–water partition coefficient (Wildman–Crippen LogP) is 3.13. The number of nitrogens with one attached hydrogen (secondary N) is 1. The van der Waals surface area contributed by atoms with Crippen molar-refractivity contribution in [3.8, 4) is 0 Å². The van der Waals surface area contributed by atoms with E-state index in [-0.39, 0.29) is 0 Å². The van der Waals surface area contributed by atoms with E-state index in [4.69, 9.17) is 0 Å². The summed E-state index contributed by atoms with van der Waals surface area (Å²) in [5.41, 5.74) is 1.12. The quantitative estimate of drug-likeness (QED) is 0.930. The highest BCUT2D eigenvalue weighted by Crippen LogP contribution is 2.37. The number of nitrogens with zero attached hydrogens (tertiary/aromatic N) is 2. The zero-order chi connectivity index (χ0) is 12.5. The van der Waals surface area contributed by atoms with E-state index in [1.807, 2.05) is 12.4 Å². The van der Waals surface area contributed by atoms with E-state index < -0.39 is 0 Å². The molecule has 0 radical (unpaired) electrons. The summed E-state index contributed by atoms with van der Waals surface area (Å²) in [5.74, 6) is 0.817. The van der Waals surface area contributed by atoms with Gasteiger partial charge in [-0.15, -0.1) is 0 Å². The lowest BCUT2D eigenvalue weighted by Gasteiger charge is -2.36. The van der Waals surface area contributed by atoms with Crippen LogP contribution < -0.4 is 5.32 Å². The van der Waals surface area contributed by atoms with Crippen molar-refractivity contribution in [2.45, 2.75) is 37.8 Å². The molecule has 1 aromatic heterocycles. The summed E-state index contributed by atoms with van der Waals surface area (Å²) in [7, 11) is 2.30. The predicted molar refractivity (Wildman–Crippen MR) is 77.7 cm³/mol. The number of piperidine rings is 1. The van der Waals surface area contributed by atoms with Crippen molar-refractivity contribution < 1.29 is 0 Å². The first-order chi connectivity index (χ1) is 8.72. The topological polar surface area (TPSA) is 28.2 Å². The normalized spacial score (nSPS) is 31.6. The number of pyridine rings is 1. The minimum atomic E-state index is 0.817. The third-order valence-electron chi connectivity index (χ3n) is 4.50.